The van der Waals surface area contributed by atoms with E-state index in [2.05, 4.69) is 6.58 Å². The minimum absolute atomic E-state index is 0.191. The van der Waals surface area contributed by atoms with Crippen LogP contribution in [-0.4, -0.2) is 5.97 Å². The van der Waals surface area contributed by atoms with Crippen LogP contribution in [0.25, 0.3) is 0 Å². The normalized spacial score (nSPS) is 20.3. The van der Waals surface area contributed by atoms with Crippen LogP contribution in [0.3, 0.4) is 0 Å². The fourth-order valence-electron chi connectivity index (χ4n) is 1.31. The summed E-state index contributed by atoms with van der Waals surface area (Å²) in [5.41, 5.74) is 0.833. The minimum Gasteiger partial charge on any atom is -0.457 e. The molecule has 62 valence electrons. The number of ether oxygens (including phenoxy) is 1. The molecule has 3 heteroatoms. The molecule has 0 fully saturated rings. The molecule has 0 N–H and O–H groups in total. The maximum atomic E-state index is 11.1. The van der Waals surface area contributed by atoms with Gasteiger partial charge in [-0.2, -0.15) is 0 Å². The van der Waals surface area contributed by atoms with Crippen LogP contribution in [0, 0.1) is 0 Å². The molecule has 0 saturated carbocycles. The lowest BCUT2D eigenvalue weighted by molar-refractivity contribution is 0.0368. The minimum atomic E-state index is -0.373. The molecule has 1 aliphatic heterocycles. The first kappa shape index (κ1) is 7.16. The van der Waals surface area contributed by atoms with Crippen LogP contribution >= 0.6 is 0 Å². The van der Waals surface area contributed by atoms with Crippen molar-refractivity contribution in [3.63, 3.8) is 0 Å². The number of esters is 1. The maximum Gasteiger partial charge on any atom is 0.375 e. The van der Waals surface area contributed by atoms with Crippen LogP contribution in [0.5, 0.6) is 0 Å². The van der Waals surface area contributed by atoms with Crippen LogP contribution in [0.1, 0.15) is 28.6 Å². The smallest absolute Gasteiger partial charge is 0.375 e. The van der Waals surface area contributed by atoms with Crippen LogP contribution in [0.15, 0.2) is 29.4 Å². The molecule has 0 aromatic carbocycles. The first-order valence-corrected chi connectivity index (χ1v) is 3.72. The molecule has 1 aliphatic rings. The Morgan fingerprint density at radius 1 is 1.67 bits per heavy atom. The van der Waals surface area contributed by atoms with E-state index in [0.29, 0.717) is 12.2 Å². The summed E-state index contributed by atoms with van der Waals surface area (Å²) in [5.74, 6) is -0.0382. The summed E-state index contributed by atoms with van der Waals surface area (Å²) in [6.45, 7) is 3.58. The second kappa shape index (κ2) is 2.52. The molecule has 0 aliphatic carbocycles. The van der Waals surface area contributed by atoms with Gasteiger partial charge in [-0.25, -0.2) is 4.79 Å². The van der Waals surface area contributed by atoms with Gasteiger partial charge in [0.15, 0.2) is 0 Å². The van der Waals surface area contributed by atoms with Crippen LogP contribution in [0.4, 0.5) is 0 Å². The largest absolute Gasteiger partial charge is 0.457 e. The van der Waals surface area contributed by atoms with Crippen molar-refractivity contribution in [2.24, 2.45) is 0 Å². The van der Waals surface area contributed by atoms with E-state index in [1.807, 2.05) is 0 Å². The molecule has 2 heterocycles. The Labute approximate surface area is 69.6 Å². The van der Waals surface area contributed by atoms with E-state index >= 15 is 0 Å². The second-order valence-electron chi connectivity index (χ2n) is 2.62. The van der Waals surface area contributed by atoms with Crippen LogP contribution in [0.2, 0.25) is 0 Å². The molecule has 0 radical (unpaired) electrons. The van der Waals surface area contributed by atoms with Crippen molar-refractivity contribution in [3.8, 4) is 0 Å². The molecular formula is C9H8O3. The molecule has 0 saturated heterocycles. The number of hydrogen-bond donors (Lipinski definition) is 0. The van der Waals surface area contributed by atoms with Gasteiger partial charge in [-0.1, -0.05) is 6.08 Å². The third-order valence-corrected chi connectivity index (χ3v) is 1.86. The molecule has 0 spiro atoms. The summed E-state index contributed by atoms with van der Waals surface area (Å²) >= 11 is 0. The van der Waals surface area contributed by atoms with Gasteiger partial charge in [-0.3, -0.25) is 0 Å². The summed E-state index contributed by atoms with van der Waals surface area (Å²) in [4.78, 5) is 11.1. The van der Waals surface area contributed by atoms with E-state index in [-0.39, 0.29) is 12.1 Å². The third kappa shape index (κ3) is 0.863. The lowest BCUT2D eigenvalue weighted by Gasteiger charge is -2.04. The zero-order valence-corrected chi connectivity index (χ0v) is 6.45. The highest BCUT2D eigenvalue weighted by molar-refractivity contribution is 5.90. The molecule has 0 amide bonds. The molecule has 2 rings (SSSR count). The van der Waals surface area contributed by atoms with Gasteiger partial charge >= 0.3 is 5.97 Å². The number of carbonyl (C=O) groups excluding carboxylic acids is 1. The fraction of sp³-hybridized carbons (Fsp3) is 0.222. The van der Waals surface area contributed by atoms with Crippen molar-refractivity contribution < 1.29 is 13.9 Å². The predicted octanol–water partition coefficient (Wildman–Crippen LogP) is 2.07. The van der Waals surface area contributed by atoms with Gasteiger partial charge in [-0.15, -0.1) is 6.58 Å². The van der Waals surface area contributed by atoms with Crippen molar-refractivity contribution in [1.29, 1.82) is 0 Å². The molecule has 0 bridgehead atoms. The van der Waals surface area contributed by atoms with E-state index in [0.717, 1.165) is 5.56 Å². The van der Waals surface area contributed by atoms with Crippen molar-refractivity contribution in [2.45, 2.75) is 12.5 Å². The zero-order chi connectivity index (χ0) is 8.55. The van der Waals surface area contributed by atoms with E-state index in [9.17, 15) is 4.79 Å². The Morgan fingerprint density at radius 3 is 3.25 bits per heavy atom. The summed E-state index contributed by atoms with van der Waals surface area (Å²) in [7, 11) is 0. The van der Waals surface area contributed by atoms with Crippen molar-refractivity contribution in [3.05, 3.63) is 36.3 Å². The lowest BCUT2D eigenvalue weighted by atomic mass is 10.1. The molecule has 1 aromatic rings. The number of furan rings is 1. The van der Waals surface area contributed by atoms with Gasteiger partial charge < -0.3 is 9.15 Å². The Bertz CT molecular complexity index is 324. The van der Waals surface area contributed by atoms with Gasteiger partial charge in [0.25, 0.3) is 0 Å². The first-order chi connectivity index (χ1) is 5.83. The molecule has 1 atom stereocenters. The highest BCUT2D eigenvalue weighted by Crippen LogP contribution is 2.33. The highest BCUT2D eigenvalue weighted by Gasteiger charge is 2.32. The van der Waals surface area contributed by atoms with E-state index < -0.39 is 0 Å². The summed E-state index contributed by atoms with van der Waals surface area (Å²) in [6.07, 6.45) is 3.67. The average molecular weight is 164 g/mol. The van der Waals surface area contributed by atoms with Crippen LogP contribution < -0.4 is 0 Å². The Hall–Kier alpha value is -1.51. The number of fused-ring (bicyclic) bond motifs is 1. The summed E-state index contributed by atoms with van der Waals surface area (Å²) in [5, 5.41) is 0. The second-order valence-corrected chi connectivity index (χ2v) is 2.62. The molecule has 12 heavy (non-hydrogen) atoms. The van der Waals surface area contributed by atoms with Crippen molar-refractivity contribution >= 4 is 5.97 Å². The fourth-order valence-corrected chi connectivity index (χ4v) is 1.31. The van der Waals surface area contributed by atoms with Gasteiger partial charge in [-0.05, 0) is 6.07 Å². The lowest BCUT2D eigenvalue weighted by Crippen LogP contribution is -1.97. The Balaban J connectivity index is 2.35. The molecule has 3 nitrogen and oxygen atoms in total. The number of rotatable bonds is 2. The maximum absolute atomic E-state index is 11.1. The van der Waals surface area contributed by atoms with E-state index in [4.69, 9.17) is 9.15 Å². The van der Waals surface area contributed by atoms with Crippen molar-refractivity contribution in [1.82, 2.24) is 0 Å². The van der Waals surface area contributed by atoms with Gasteiger partial charge in [0, 0.05) is 12.0 Å². The van der Waals surface area contributed by atoms with Gasteiger partial charge in [0.2, 0.25) is 5.76 Å². The van der Waals surface area contributed by atoms with E-state index in [1.54, 1.807) is 12.1 Å². The Kier molecular flexibility index (Phi) is 1.50. The summed E-state index contributed by atoms with van der Waals surface area (Å²) < 4.78 is 9.96. The Morgan fingerprint density at radius 2 is 2.50 bits per heavy atom. The average Bonchev–Trinajstić information content (AvgIpc) is 2.58. The highest BCUT2D eigenvalue weighted by atomic mass is 16.6. The monoisotopic (exact) mass is 164 g/mol. The summed E-state index contributed by atoms with van der Waals surface area (Å²) in [6, 6.07) is 1.76. The number of carbonyl (C=O) groups is 1. The van der Waals surface area contributed by atoms with Gasteiger partial charge in [0.05, 0.1) is 6.26 Å². The quantitative estimate of drug-likeness (QED) is 0.496. The zero-order valence-electron chi connectivity index (χ0n) is 6.45. The molecule has 1 aromatic heterocycles. The van der Waals surface area contributed by atoms with E-state index in [1.165, 1.54) is 6.26 Å². The predicted molar refractivity (Wildman–Crippen MR) is 41.7 cm³/mol. The molecule has 1 unspecified atom stereocenters. The van der Waals surface area contributed by atoms with Crippen molar-refractivity contribution in [2.75, 3.05) is 0 Å². The van der Waals surface area contributed by atoms with Gasteiger partial charge in [0.1, 0.15) is 6.10 Å². The third-order valence-electron chi connectivity index (χ3n) is 1.86. The topological polar surface area (TPSA) is 39.4 Å². The van der Waals surface area contributed by atoms with Crippen LogP contribution in [-0.2, 0) is 4.74 Å². The molecular weight excluding hydrogens is 156 g/mol. The SMILES string of the molecule is C=CCC1OC(=O)c2occc21. The number of hydrogen-bond acceptors (Lipinski definition) is 3. The first-order valence-electron chi connectivity index (χ1n) is 3.72. The standard InChI is InChI=1S/C9H8O3/c1-2-3-7-6-4-5-11-8(6)9(10)12-7/h2,4-5,7H,1,3H2. The number of cyclic esters (lactones) is 1.